The fourth-order valence-corrected chi connectivity index (χ4v) is 2.34. The van der Waals surface area contributed by atoms with Crippen LogP contribution in [-0.2, 0) is 9.53 Å². The molecule has 1 N–H and O–H groups in total. The maximum absolute atomic E-state index is 11.7. The second kappa shape index (κ2) is 7.90. The number of morpholine rings is 1. The molecule has 0 unspecified atom stereocenters. The van der Waals surface area contributed by atoms with Crippen molar-refractivity contribution in [3.63, 3.8) is 0 Å². The van der Waals surface area contributed by atoms with E-state index in [9.17, 15) is 4.79 Å². The third kappa shape index (κ3) is 4.53. The van der Waals surface area contributed by atoms with E-state index in [2.05, 4.69) is 29.3 Å². The summed E-state index contributed by atoms with van der Waals surface area (Å²) in [5, 5.41) is 2.95. The van der Waals surface area contributed by atoms with Gasteiger partial charge in [-0.1, -0.05) is 19.8 Å². The number of unbranched alkanes of at least 4 members (excludes halogenated alkanes) is 2. The van der Waals surface area contributed by atoms with Crippen molar-refractivity contribution < 1.29 is 9.53 Å². The Morgan fingerprint density at radius 3 is 2.55 bits per heavy atom. The highest BCUT2D eigenvalue weighted by molar-refractivity contribution is 5.90. The predicted octanol–water partition coefficient (Wildman–Crippen LogP) is 3.04. The molecule has 20 heavy (non-hydrogen) atoms. The topological polar surface area (TPSA) is 41.6 Å². The minimum Gasteiger partial charge on any atom is -0.378 e. The van der Waals surface area contributed by atoms with Crippen molar-refractivity contribution in [1.29, 1.82) is 0 Å². The van der Waals surface area contributed by atoms with E-state index in [1.165, 1.54) is 5.69 Å². The van der Waals surface area contributed by atoms with E-state index in [-0.39, 0.29) is 5.91 Å². The Balaban J connectivity index is 1.83. The summed E-state index contributed by atoms with van der Waals surface area (Å²) in [6, 6.07) is 8.07. The van der Waals surface area contributed by atoms with Crippen LogP contribution in [0.4, 0.5) is 11.4 Å². The van der Waals surface area contributed by atoms with Gasteiger partial charge in [-0.2, -0.15) is 0 Å². The molecule has 1 amide bonds. The third-order valence-corrected chi connectivity index (χ3v) is 3.53. The molecule has 1 fully saturated rings. The molecule has 1 heterocycles. The van der Waals surface area contributed by atoms with Gasteiger partial charge in [0, 0.05) is 30.9 Å². The molecule has 110 valence electrons. The van der Waals surface area contributed by atoms with E-state index in [0.29, 0.717) is 6.42 Å². The van der Waals surface area contributed by atoms with Crippen LogP contribution in [0.25, 0.3) is 0 Å². The second-order valence-electron chi connectivity index (χ2n) is 5.15. The summed E-state index contributed by atoms with van der Waals surface area (Å²) in [4.78, 5) is 14.0. The number of ether oxygens (including phenoxy) is 1. The quantitative estimate of drug-likeness (QED) is 0.812. The zero-order chi connectivity index (χ0) is 14.2. The highest BCUT2D eigenvalue weighted by Gasteiger charge is 2.11. The molecule has 2 rings (SSSR count). The van der Waals surface area contributed by atoms with Crippen LogP contribution in [0.2, 0.25) is 0 Å². The van der Waals surface area contributed by atoms with E-state index in [4.69, 9.17) is 4.74 Å². The molecule has 0 aromatic heterocycles. The van der Waals surface area contributed by atoms with Crippen LogP contribution in [0, 0.1) is 0 Å². The zero-order valence-electron chi connectivity index (χ0n) is 12.2. The first kappa shape index (κ1) is 14.9. The summed E-state index contributed by atoms with van der Waals surface area (Å²) in [5.41, 5.74) is 2.07. The Morgan fingerprint density at radius 1 is 1.20 bits per heavy atom. The van der Waals surface area contributed by atoms with Crippen molar-refractivity contribution >= 4 is 17.3 Å². The van der Waals surface area contributed by atoms with Gasteiger partial charge < -0.3 is 15.0 Å². The second-order valence-corrected chi connectivity index (χ2v) is 5.15. The molecular weight excluding hydrogens is 252 g/mol. The molecular formula is C16H24N2O2. The number of hydrogen-bond donors (Lipinski definition) is 1. The molecule has 0 saturated carbocycles. The predicted molar refractivity (Wildman–Crippen MR) is 82.2 cm³/mol. The first-order valence-corrected chi connectivity index (χ1v) is 7.52. The van der Waals surface area contributed by atoms with Gasteiger partial charge in [-0.25, -0.2) is 0 Å². The molecule has 1 aromatic rings. The fourth-order valence-electron chi connectivity index (χ4n) is 2.34. The van der Waals surface area contributed by atoms with Crippen LogP contribution in [0.15, 0.2) is 24.3 Å². The van der Waals surface area contributed by atoms with Gasteiger partial charge in [-0.05, 0) is 30.7 Å². The number of nitrogens with zero attached hydrogens (tertiary/aromatic N) is 1. The summed E-state index contributed by atoms with van der Waals surface area (Å²) >= 11 is 0. The number of nitrogens with one attached hydrogen (secondary N) is 1. The van der Waals surface area contributed by atoms with E-state index in [1.54, 1.807) is 0 Å². The number of anilines is 2. The van der Waals surface area contributed by atoms with Crippen LogP contribution in [0.3, 0.4) is 0 Å². The van der Waals surface area contributed by atoms with Crippen LogP contribution in [0.1, 0.15) is 32.6 Å². The zero-order valence-corrected chi connectivity index (χ0v) is 12.2. The smallest absolute Gasteiger partial charge is 0.224 e. The lowest BCUT2D eigenvalue weighted by atomic mass is 10.2. The Bertz CT molecular complexity index is 411. The fraction of sp³-hybridized carbons (Fsp3) is 0.562. The SMILES string of the molecule is CCCCCC(=O)Nc1ccc(N2CCOCC2)cc1. The van der Waals surface area contributed by atoms with Crippen LogP contribution >= 0.6 is 0 Å². The maximum atomic E-state index is 11.7. The largest absolute Gasteiger partial charge is 0.378 e. The van der Waals surface area contributed by atoms with Gasteiger partial charge in [0.2, 0.25) is 5.91 Å². The third-order valence-electron chi connectivity index (χ3n) is 3.53. The molecule has 0 aliphatic carbocycles. The normalized spacial score (nSPS) is 15.2. The minimum atomic E-state index is 0.109. The highest BCUT2D eigenvalue weighted by Crippen LogP contribution is 2.19. The molecule has 1 aliphatic rings. The number of amides is 1. The molecule has 0 atom stereocenters. The van der Waals surface area contributed by atoms with Gasteiger partial charge in [-0.3, -0.25) is 4.79 Å². The lowest BCUT2D eigenvalue weighted by Crippen LogP contribution is -2.36. The van der Waals surface area contributed by atoms with Gasteiger partial charge >= 0.3 is 0 Å². The van der Waals surface area contributed by atoms with Gasteiger partial charge in [-0.15, -0.1) is 0 Å². The average molecular weight is 276 g/mol. The Labute approximate surface area is 121 Å². The van der Waals surface area contributed by atoms with E-state index < -0.39 is 0 Å². The molecule has 1 aromatic carbocycles. The number of carbonyl (C=O) groups excluding carboxylic acids is 1. The van der Waals surface area contributed by atoms with Crippen LogP contribution in [0.5, 0.6) is 0 Å². The maximum Gasteiger partial charge on any atom is 0.224 e. The number of benzene rings is 1. The van der Waals surface area contributed by atoms with Crippen molar-refractivity contribution in [2.24, 2.45) is 0 Å². The lowest BCUT2D eigenvalue weighted by molar-refractivity contribution is -0.116. The first-order valence-electron chi connectivity index (χ1n) is 7.52. The van der Waals surface area contributed by atoms with Crippen molar-refractivity contribution in [2.75, 3.05) is 36.5 Å². The molecule has 1 aliphatic heterocycles. The van der Waals surface area contributed by atoms with Gasteiger partial charge in [0.15, 0.2) is 0 Å². The van der Waals surface area contributed by atoms with Gasteiger partial charge in [0.1, 0.15) is 0 Å². The van der Waals surface area contributed by atoms with Crippen molar-refractivity contribution in [3.8, 4) is 0 Å². The summed E-state index contributed by atoms with van der Waals surface area (Å²) in [6.45, 7) is 5.58. The Hall–Kier alpha value is -1.55. The minimum absolute atomic E-state index is 0.109. The molecule has 0 bridgehead atoms. The van der Waals surface area contributed by atoms with Crippen molar-refractivity contribution in [2.45, 2.75) is 32.6 Å². The molecule has 4 nitrogen and oxygen atoms in total. The van der Waals surface area contributed by atoms with Gasteiger partial charge in [0.25, 0.3) is 0 Å². The van der Waals surface area contributed by atoms with E-state index >= 15 is 0 Å². The first-order chi connectivity index (χ1) is 9.79. The standard InChI is InChI=1S/C16H24N2O2/c1-2-3-4-5-16(19)17-14-6-8-15(9-7-14)18-10-12-20-13-11-18/h6-9H,2-5,10-13H2,1H3,(H,17,19). The monoisotopic (exact) mass is 276 g/mol. The summed E-state index contributed by atoms with van der Waals surface area (Å²) in [6.07, 6.45) is 3.83. The van der Waals surface area contributed by atoms with Crippen LogP contribution in [-0.4, -0.2) is 32.2 Å². The van der Waals surface area contributed by atoms with Gasteiger partial charge in [0.05, 0.1) is 13.2 Å². The highest BCUT2D eigenvalue weighted by atomic mass is 16.5. The molecule has 4 heteroatoms. The Kier molecular flexibility index (Phi) is 5.87. The van der Waals surface area contributed by atoms with Crippen molar-refractivity contribution in [1.82, 2.24) is 0 Å². The molecule has 0 spiro atoms. The van der Waals surface area contributed by atoms with E-state index in [1.807, 2.05) is 12.1 Å². The lowest BCUT2D eigenvalue weighted by Gasteiger charge is -2.28. The summed E-state index contributed by atoms with van der Waals surface area (Å²) < 4.78 is 5.35. The van der Waals surface area contributed by atoms with Crippen LogP contribution < -0.4 is 10.2 Å². The van der Waals surface area contributed by atoms with E-state index in [0.717, 1.165) is 51.3 Å². The average Bonchev–Trinajstić information content (AvgIpc) is 2.49. The van der Waals surface area contributed by atoms with Crippen molar-refractivity contribution in [3.05, 3.63) is 24.3 Å². The summed E-state index contributed by atoms with van der Waals surface area (Å²) in [7, 11) is 0. The molecule has 0 radical (unpaired) electrons. The Morgan fingerprint density at radius 2 is 1.90 bits per heavy atom. The summed E-state index contributed by atoms with van der Waals surface area (Å²) in [5.74, 6) is 0.109. The molecule has 1 saturated heterocycles. The number of carbonyl (C=O) groups is 1. The number of hydrogen-bond acceptors (Lipinski definition) is 3. The number of rotatable bonds is 6.